The molecule has 5 heteroatoms. The van der Waals surface area contributed by atoms with Crippen molar-refractivity contribution in [2.24, 2.45) is 0 Å². The number of rotatable bonds is 6. The van der Waals surface area contributed by atoms with E-state index in [1.54, 1.807) is 11.3 Å². The van der Waals surface area contributed by atoms with Crippen molar-refractivity contribution in [3.63, 3.8) is 0 Å². The molecule has 1 N–H and O–H groups in total. The Bertz CT molecular complexity index is 1070. The predicted molar refractivity (Wildman–Crippen MR) is 121 cm³/mol. The Morgan fingerprint density at radius 2 is 1.64 bits per heavy atom. The standard InChI is InChI=1S/C23H24N4S/c1-4-27(5-2)19-13-11-18(12-14-19)26-22-20-15-21(17-9-7-6-8-10-17)28-23(20)25-16(3)24-22/h6-15H,4-5H2,1-3H3,(H,24,25,26). The molecule has 28 heavy (non-hydrogen) atoms. The monoisotopic (exact) mass is 388 g/mol. The number of benzene rings is 2. The van der Waals surface area contributed by atoms with Gasteiger partial charge in [0.2, 0.25) is 0 Å². The van der Waals surface area contributed by atoms with E-state index in [0.717, 1.165) is 40.6 Å². The highest BCUT2D eigenvalue weighted by atomic mass is 32.1. The molecule has 4 nitrogen and oxygen atoms in total. The van der Waals surface area contributed by atoms with Gasteiger partial charge in [0, 0.05) is 29.3 Å². The molecular formula is C23H24N4S. The fraction of sp³-hybridized carbons (Fsp3) is 0.217. The lowest BCUT2D eigenvalue weighted by atomic mass is 10.2. The second kappa shape index (κ2) is 7.98. The molecule has 0 amide bonds. The third-order valence-electron chi connectivity index (χ3n) is 4.82. The zero-order valence-corrected chi connectivity index (χ0v) is 17.3. The van der Waals surface area contributed by atoms with Crippen molar-refractivity contribution >= 4 is 38.7 Å². The number of hydrogen-bond acceptors (Lipinski definition) is 5. The molecule has 4 aromatic rings. The number of nitrogens with one attached hydrogen (secondary N) is 1. The predicted octanol–water partition coefficient (Wildman–Crippen LogP) is 6.26. The van der Waals surface area contributed by atoms with Crippen molar-refractivity contribution in [2.75, 3.05) is 23.3 Å². The molecule has 0 fully saturated rings. The van der Waals surface area contributed by atoms with Gasteiger partial charge in [0.1, 0.15) is 16.5 Å². The van der Waals surface area contributed by atoms with Crippen molar-refractivity contribution in [1.82, 2.24) is 9.97 Å². The minimum absolute atomic E-state index is 0.774. The van der Waals surface area contributed by atoms with Crippen LogP contribution in [-0.4, -0.2) is 23.1 Å². The first-order valence-corrected chi connectivity index (χ1v) is 10.4. The van der Waals surface area contributed by atoms with Gasteiger partial charge in [0.05, 0.1) is 5.39 Å². The van der Waals surface area contributed by atoms with Gasteiger partial charge in [-0.15, -0.1) is 11.3 Å². The molecule has 2 aromatic carbocycles. The van der Waals surface area contributed by atoms with Gasteiger partial charge in [-0.3, -0.25) is 0 Å². The fourth-order valence-electron chi connectivity index (χ4n) is 3.35. The third-order valence-corrected chi connectivity index (χ3v) is 5.90. The molecule has 0 aliphatic carbocycles. The number of anilines is 3. The summed E-state index contributed by atoms with van der Waals surface area (Å²) in [4.78, 5) is 13.9. The van der Waals surface area contributed by atoms with Crippen LogP contribution in [0.5, 0.6) is 0 Å². The number of aromatic nitrogens is 2. The highest BCUT2D eigenvalue weighted by molar-refractivity contribution is 7.21. The lowest BCUT2D eigenvalue weighted by Gasteiger charge is -2.21. The highest BCUT2D eigenvalue weighted by Crippen LogP contribution is 2.36. The van der Waals surface area contributed by atoms with Gasteiger partial charge >= 0.3 is 0 Å². The second-order valence-corrected chi connectivity index (χ2v) is 7.69. The topological polar surface area (TPSA) is 41.0 Å². The van der Waals surface area contributed by atoms with Crippen LogP contribution >= 0.6 is 11.3 Å². The van der Waals surface area contributed by atoms with Gasteiger partial charge in [0.25, 0.3) is 0 Å². The Hall–Kier alpha value is -2.92. The van der Waals surface area contributed by atoms with Crippen LogP contribution in [0, 0.1) is 6.92 Å². The Labute approximate surface area is 169 Å². The zero-order valence-electron chi connectivity index (χ0n) is 16.4. The highest BCUT2D eigenvalue weighted by Gasteiger charge is 2.12. The average molecular weight is 389 g/mol. The van der Waals surface area contributed by atoms with E-state index in [0.29, 0.717) is 0 Å². The van der Waals surface area contributed by atoms with E-state index >= 15 is 0 Å². The molecule has 2 aromatic heterocycles. The maximum atomic E-state index is 4.67. The maximum absolute atomic E-state index is 4.67. The molecule has 142 valence electrons. The number of hydrogen-bond donors (Lipinski definition) is 1. The lowest BCUT2D eigenvalue weighted by molar-refractivity contribution is 0.866. The quantitative estimate of drug-likeness (QED) is 0.423. The Balaban J connectivity index is 1.67. The van der Waals surface area contributed by atoms with E-state index in [9.17, 15) is 0 Å². The summed E-state index contributed by atoms with van der Waals surface area (Å²) in [6.45, 7) is 8.31. The van der Waals surface area contributed by atoms with Crippen molar-refractivity contribution in [3.8, 4) is 10.4 Å². The second-order valence-electron chi connectivity index (χ2n) is 6.66. The Morgan fingerprint density at radius 3 is 2.32 bits per heavy atom. The Kier molecular flexibility index (Phi) is 5.26. The van der Waals surface area contributed by atoms with E-state index in [4.69, 9.17) is 0 Å². The van der Waals surface area contributed by atoms with Crippen molar-refractivity contribution < 1.29 is 0 Å². The lowest BCUT2D eigenvalue weighted by Crippen LogP contribution is -2.21. The Morgan fingerprint density at radius 1 is 0.929 bits per heavy atom. The van der Waals surface area contributed by atoms with E-state index < -0.39 is 0 Å². The van der Waals surface area contributed by atoms with Gasteiger partial charge in [-0.2, -0.15) is 0 Å². The smallest absolute Gasteiger partial charge is 0.142 e. The summed E-state index contributed by atoms with van der Waals surface area (Å²) in [5.74, 6) is 1.63. The van der Waals surface area contributed by atoms with Crippen molar-refractivity contribution in [1.29, 1.82) is 0 Å². The summed E-state index contributed by atoms with van der Waals surface area (Å²) in [5.41, 5.74) is 3.47. The first-order valence-electron chi connectivity index (χ1n) is 9.63. The minimum Gasteiger partial charge on any atom is -0.372 e. The van der Waals surface area contributed by atoms with Gasteiger partial charge in [-0.25, -0.2) is 9.97 Å². The molecule has 0 aliphatic heterocycles. The first-order chi connectivity index (χ1) is 13.7. The largest absolute Gasteiger partial charge is 0.372 e. The summed E-state index contributed by atoms with van der Waals surface area (Å²) in [5, 5.41) is 4.55. The average Bonchev–Trinajstić information content (AvgIpc) is 3.15. The van der Waals surface area contributed by atoms with Gasteiger partial charge in [-0.1, -0.05) is 30.3 Å². The maximum Gasteiger partial charge on any atom is 0.142 e. The molecule has 2 heterocycles. The summed E-state index contributed by atoms with van der Waals surface area (Å²) in [7, 11) is 0. The summed E-state index contributed by atoms with van der Waals surface area (Å²) in [6, 6.07) is 21.1. The van der Waals surface area contributed by atoms with E-state index in [1.807, 2.05) is 13.0 Å². The van der Waals surface area contributed by atoms with E-state index in [1.165, 1.54) is 16.1 Å². The number of fused-ring (bicyclic) bond motifs is 1. The van der Waals surface area contributed by atoms with Crippen molar-refractivity contribution in [3.05, 3.63) is 66.5 Å². The molecule has 0 saturated carbocycles. The van der Waals surface area contributed by atoms with Crippen LogP contribution in [0.2, 0.25) is 0 Å². The van der Waals surface area contributed by atoms with Crippen LogP contribution < -0.4 is 10.2 Å². The zero-order chi connectivity index (χ0) is 19.5. The molecule has 4 rings (SSSR count). The minimum atomic E-state index is 0.774. The van der Waals surface area contributed by atoms with Crippen LogP contribution in [-0.2, 0) is 0 Å². The molecular weight excluding hydrogens is 364 g/mol. The van der Waals surface area contributed by atoms with Crippen LogP contribution in [0.25, 0.3) is 20.7 Å². The summed E-state index contributed by atoms with van der Waals surface area (Å²) in [6.07, 6.45) is 0. The molecule has 0 bridgehead atoms. The molecule has 0 radical (unpaired) electrons. The van der Waals surface area contributed by atoms with Crippen LogP contribution in [0.3, 0.4) is 0 Å². The van der Waals surface area contributed by atoms with Gasteiger partial charge in [0.15, 0.2) is 0 Å². The molecule has 0 atom stereocenters. The number of aryl methyl sites for hydroxylation is 1. The summed E-state index contributed by atoms with van der Waals surface area (Å²) < 4.78 is 0. The van der Waals surface area contributed by atoms with Gasteiger partial charge < -0.3 is 10.2 Å². The van der Waals surface area contributed by atoms with Crippen molar-refractivity contribution in [2.45, 2.75) is 20.8 Å². The summed E-state index contributed by atoms with van der Waals surface area (Å²) >= 11 is 1.70. The normalized spacial score (nSPS) is 11.0. The van der Waals surface area contributed by atoms with E-state index in [2.05, 4.69) is 88.6 Å². The molecule has 0 aliphatic rings. The SMILES string of the molecule is CCN(CC)c1ccc(Nc2nc(C)nc3sc(-c4ccccc4)cc23)cc1. The number of thiophene rings is 1. The van der Waals surface area contributed by atoms with Crippen LogP contribution in [0.4, 0.5) is 17.2 Å². The first kappa shape index (κ1) is 18.4. The third kappa shape index (κ3) is 3.71. The molecule has 0 saturated heterocycles. The van der Waals surface area contributed by atoms with Gasteiger partial charge in [-0.05, 0) is 56.7 Å². The fourth-order valence-corrected chi connectivity index (χ4v) is 4.43. The number of nitrogens with zero attached hydrogens (tertiary/aromatic N) is 3. The van der Waals surface area contributed by atoms with Crippen LogP contribution in [0.15, 0.2) is 60.7 Å². The van der Waals surface area contributed by atoms with E-state index in [-0.39, 0.29) is 0 Å². The van der Waals surface area contributed by atoms with Crippen LogP contribution in [0.1, 0.15) is 19.7 Å². The molecule has 0 unspecified atom stereocenters. The molecule has 0 spiro atoms.